The van der Waals surface area contributed by atoms with Gasteiger partial charge in [0.05, 0.1) is 0 Å². The van der Waals surface area contributed by atoms with Crippen molar-refractivity contribution in [1.82, 2.24) is 9.97 Å². The number of nitrogens with one attached hydrogen (secondary N) is 2. The van der Waals surface area contributed by atoms with Gasteiger partial charge in [-0.15, -0.1) is 0 Å². The van der Waals surface area contributed by atoms with Crippen LogP contribution >= 0.6 is 0 Å². The molecular formula is C10H9F2N3. The Balaban J connectivity index is 2.24. The summed E-state index contributed by atoms with van der Waals surface area (Å²) in [6.45, 7) is 1.84. The van der Waals surface area contributed by atoms with E-state index in [0.717, 1.165) is 11.8 Å². The van der Waals surface area contributed by atoms with Crippen LogP contribution in [0.4, 0.5) is 20.4 Å². The Labute approximate surface area is 85.2 Å². The molecule has 0 unspecified atom stereocenters. The largest absolute Gasteiger partial charge is 0.328 e. The first-order valence-corrected chi connectivity index (χ1v) is 4.38. The molecule has 1 aromatic carbocycles. The average molecular weight is 209 g/mol. The molecule has 3 nitrogen and oxygen atoms in total. The smallest absolute Gasteiger partial charge is 0.204 e. The van der Waals surface area contributed by atoms with Crippen molar-refractivity contribution in [3.8, 4) is 0 Å². The minimum Gasteiger partial charge on any atom is -0.328 e. The van der Waals surface area contributed by atoms with Gasteiger partial charge in [-0.3, -0.25) is 0 Å². The maximum atomic E-state index is 12.8. The number of benzene rings is 1. The molecule has 2 aromatic rings. The number of imidazole rings is 1. The lowest BCUT2D eigenvalue weighted by Gasteiger charge is -2.02. The highest BCUT2D eigenvalue weighted by molar-refractivity contribution is 5.53. The van der Waals surface area contributed by atoms with Crippen molar-refractivity contribution in [2.75, 3.05) is 5.32 Å². The predicted octanol–water partition coefficient (Wildman–Crippen LogP) is 2.74. The van der Waals surface area contributed by atoms with E-state index >= 15 is 0 Å². The van der Waals surface area contributed by atoms with Gasteiger partial charge in [0.25, 0.3) is 0 Å². The molecule has 1 aromatic heterocycles. The molecule has 0 aliphatic heterocycles. The van der Waals surface area contributed by atoms with Crippen molar-refractivity contribution >= 4 is 11.6 Å². The highest BCUT2D eigenvalue weighted by atomic mass is 19.1. The van der Waals surface area contributed by atoms with Gasteiger partial charge in [-0.05, 0) is 19.1 Å². The van der Waals surface area contributed by atoms with E-state index in [9.17, 15) is 8.78 Å². The second-order valence-corrected chi connectivity index (χ2v) is 3.20. The third-order valence-electron chi connectivity index (χ3n) is 1.83. The molecule has 0 aliphatic rings. The molecule has 0 amide bonds. The monoisotopic (exact) mass is 209 g/mol. The van der Waals surface area contributed by atoms with Gasteiger partial charge in [-0.2, -0.15) is 0 Å². The topological polar surface area (TPSA) is 40.7 Å². The molecule has 1 heterocycles. The number of H-pyrrole nitrogens is 1. The van der Waals surface area contributed by atoms with Crippen molar-refractivity contribution in [2.24, 2.45) is 0 Å². The second-order valence-electron chi connectivity index (χ2n) is 3.20. The molecule has 0 aliphatic carbocycles. The number of hydrogen-bond donors (Lipinski definition) is 2. The lowest BCUT2D eigenvalue weighted by Crippen LogP contribution is -1.94. The number of aryl methyl sites for hydroxylation is 1. The summed E-state index contributed by atoms with van der Waals surface area (Å²) in [5.74, 6) is -0.793. The minimum atomic E-state index is -0.624. The first kappa shape index (κ1) is 9.64. The Morgan fingerprint density at radius 2 is 1.87 bits per heavy atom. The van der Waals surface area contributed by atoms with Crippen LogP contribution in [-0.4, -0.2) is 9.97 Å². The zero-order chi connectivity index (χ0) is 10.8. The number of nitrogens with zero attached hydrogens (tertiary/aromatic N) is 1. The molecule has 2 rings (SSSR count). The van der Waals surface area contributed by atoms with Crippen molar-refractivity contribution in [1.29, 1.82) is 0 Å². The van der Waals surface area contributed by atoms with E-state index in [0.29, 0.717) is 11.6 Å². The lowest BCUT2D eigenvalue weighted by molar-refractivity contribution is 0.584. The SMILES string of the molecule is Cc1cnc(Nc2cc(F)cc(F)c2)[nH]1. The third-order valence-corrected chi connectivity index (χ3v) is 1.83. The van der Waals surface area contributed by atoms with Gasteiger partial charge >= 0.3 is 0 Å². The van der Waals surface area contributed by atoms with Crippen LogP contribution in [0.25, 0.3) is 0 Å². The summed E-state index contributed by atoms with van der Waals surface area (Å²) in [4.78, 5) is 6.86. The third kappa shape index (κ3) is 2.31. The molecule has 0 bridgehead atoms. The summed E-state index contributed by atoms with van der Waals surface area (Å²) in [5.41, 5.74) is 1.19. The van der Waals surface area contributed by atoms with Crippen LogP contribution in [0.3, 0.4) is 0 Å². The van der Waals surface area contributed by atoms with E-state index in [4.69, 9.17) is 0 Å². The van der Waals surface area contributed by atoms with Crippen LogP contribution in [-0.2, 0) is 0 Å². The second kappa shape index (κ2) is 3.68. The predicted molar refractivity (Wildman–Crippen MR) is 53.0 cm³/mol. The Bertz CT molecular complexity index is 459. The zero-order valence-electron chi connectivity index (χ0n) is 8.01. The molecule has 0 fully saturated rings. The van der Waals surface area contributed by atoms with Crippen LogP contribution < -0.4 is 5.32 Å². The molecule has 0 radical (unpaired) electrons. The first-order chi connectivity index (χ1) is 7.13. The molecule has 0 saturated heterocycles. The summed E-state index contributed by atoms with van der Waals surface area (Å²) < 4.78 is 25.7. The van der Waals surface area contributed by atoms with Gasteiger partial charge < -0.3 is 10.3 Å². The van der Waals surface area contributed by atoms with Gasteiger partial charge in [-0.1, -0.05) is 0 Å². The molecule has 0 spiro atoms. The van der Waals surface area contributed by atoms with Crippen molar-refractivity contribution in [3.05, 3.63) is 41.7 Å². The van der Waals surface area contributed by atoms with E-state index in [1.54, 1.807) is 6.20 Å². The summed E-state index contributed by atoms with van der Waals surface area (Å²) >= 11 is 0. The first-order valence-electron chi connectivity index (χ1n) is 4.38. The average Bonchev–Trinajstić information content (AvgIpc) is 2.49. The summed E-state index contributed by atoms with van der Waals surface area (Å²) in [6.07, 6.45) is 1.62. The quantitative estimate of drug-likeness (QED) is 0.798. The molecule has 0 saturated carbocycles. The Hall–Kier alpha value is -1.91. The normalized spacial score (nSPS) is 10.3. The minimum absolute atomic E-state index is 0.321. The Kier molecular flexibility index (Phi) is 2.37. The number of anilines is 2. The maximum absolute atomic E-state index is 12.8. The number of aromatic amines is 1. The maximum Gasteiger partial charge on any atom is 0.204 e. The highest BCUT2D eigenvalue weighted by Gasteiger charge is 2.02. The molecular weight excluding hydrogens is 200 g/mol. The highest BCUT2D eigenvalue weighted by Crippen LogP contribution is 2.16. The lowest BCUT2D eigenvalue weighted by atomic mass is 10.3. The van der Waals surface area contributed by atoms with Crippen LogP contribution in [0.5, 0.6) is 0 Å². The molecule has 15 heavy (non-hydrogen) atoms. The standard InChI is InChI=1S/C10H9F2N3/c1-6-5-13-10(14-6)15-9-3-7(11)2-8(12)4-9/h2-5H,1H3,(H2,13,14,15). The number of hydrogen-bond acceptors (Lipinski definition) is 2. The molecule has 0 atom stereocenters. The van der Waals surface area contributed by atoms with E-state index in [1.165, 1.54) is 12.1 Å². The van der Waals surface area contributed by atoms with Gasteiger partial charge in [0.1, 0.15) is 11.6 Å². The molecule has 2 N–H and O–H groups in total. The van der Waals surface area contributed by atoms with Crippen molar-refractivity contribution < 1.29 is 8.78 Å². The van der Waals surface area contributed by atoms with Gasteiger partial charge in [0.2, 0.25) is 5.95 Å². The van der Waals surface area contributed by atoms with Crippen molar-refractivity contribution in [2.45, 2.75) is 6.92 Å². The summed E-state index contributed by atoms with van der Waals surface area (Å²) in [7, 11) is 0. The van der Waals surface area contributed by atoms with E-state index in [2.05, 4.69) is 15.3 Å². The fraction of sp³-hybridized carbons (Fsp3) is 0.100. The van der Waals surface area contributed by atoms with Crippen molar-refractivity contribution in [3.63, 3.8) is 0 Å². The number of rotatable bonds is 2. The summed E-state index contributed by atoms with van der Waals surface area (Å²) in [5, 5.41) is 2.76. The van der Waals surface area contributed by atoms with Crippen LogP contribution in [0.2, 0.25) is 0 Å². The van der Waals surface area contributed by atoms with Crippen LogP contribution in [0, 0.1) is 18.6 Å². The Morgan fingerprint density at radius 3 is 2.40 bits per heavy atom. The van der Waals surface area contributed by atoms with Crippen LogP contribution in [0.15, 0.2) is 24.4 Å². The zero-order valence-corrected chi connectivity index (χ0v) is 8.01. The fourth-order valence-electron chi connectivity index (χ4n) is 1.24. The summed E-state index contributed by atoms with van der Waals surface area (Å²) in [6, 6.07) is 3.21. The van der Waals surface area contributed by atoms with E-state index in [1.807, 2.05) is 6.92 Å². The van der Waals surface area contributed by atoms with Gasteiger partial charge in [0, 0.05) is 23.6 Å². The van der Waals surface area contributed by atoms with E-state index < -0.39 is 11.6 Å². The van der Waals surface area contributed by atoms with E-state index in [-0.39, 0.29) is 0 Å². The number of aromatic nitrogens is 2. The van der Waals surface area contributed by atoms with Gasteiger partial charge in [-0.25, -0.2) is 13.8 Å². The Morgan fingerprint density at radius 1 is 1.20 bits per heavy atom. The van der Waals surface area contributed by atoms with Crippen LogP contribution in [0.1, 0.15) is 5.69 Å². The molecule has 78 valence electrons. The fourth-order valence-corrected chi connectivity index (χ4v) is 1.24. The molecule has 5 heteroatoms. The van der Waals surface area contributed by atoms with Gasteiger partial charge in [0.15, 0.2) is 0 Å². The number of halogens is 2.